The van der Waals surface area contributed by atoms with Crippen molar-refractivity contribution in [3.05, 3.63) is 60.2 Å². The van der Waals surface area contributed by atoms with Crippen molar-refractivity contribution in [2.45, 2.75) is 50.8 Å². The summed E-state index contributed by atoms with van der Waals surface area (Å²) in [6, 6.07) is 18.4. The lowest BCUT2D eigenvalue weighted by atomic mass is 9.94. The number of nitrogens with one attached hydrogen (secondary N) is 1. The largest absolute Gasteiger partial charge is 0.492 e. The highest BCUT2D eigenvalue weighted by Gasteiger charge is 2.20. The number of para-hydroxylation sites is 2. The standard InChI is InChI=1S/C25H36N2O3/c1-27(22-11-4-2-5-12-22)19-23(28)20-30-25-15-9-8-10-21(25)18-26-16-17-29-24-13-6-3-7-14-24/h3,6-10,13-15,22-23,26,28H,2,4-5,11-12,16-20H2,1H3/t23-/m0/s1. The fourth-order valence-electron chi connectivity index (χ4n) is 4.01. The van der Waals surface area contributed by atoms with Gasteiger partial charge in [-0.25, -0.2) is 0 Å². The van der Waals surface area contributed by atoms with Crippen molar-refractivity contribution >= 4 is 0 Å². The van der Waals surface area contributed by atoms with Crippen LogP contribution in [0, 0.1) is 0 Å². The van der Waals surface area contributed by atoms with E-state index in [0.29, 0.717) is 32.3 Å². The van der Waals surface area contributed by atoms with Crippen molar-refractivity contribution in [3.63, 3.8) is 0 Å². The Kier molecular flexibility index (Phi) is 9.48. The highest BCUT2D eigenvalue weighted by atomic mass is 16.5. The minimum absolute atomic E-state index is 0.311. The molecule has 5 nitrogen and oxygen atoms in total. The zero-order chi connectivity index (χ0) is 21.0. The number of ether oxygens (including phenoxy) is 2. The first-order chi connectivity index (χ1) is 14.7. The maximum atomic E-state index is 10.5. The van der Waals surface area contributed by atoms with Gasteiger partial charge in [0, 0.05) is 31.2 Å². The molecule has 0 heterocycles. The number of benzene rings is 2. The van der Waals surface area contributed by atoms with Gasteiger partial charge < -0.3 is 24.8 Å². The van der Waals surface area contributed by atoms with Crippen LogP contribution < -0.4 is 14.8 Å². The fraction of sp³-hybridized carbons (Fsp3) is 0.520. The van der Waals surface area contributed by atoms with Crippen LogP contribution in [-0.4, -0.2) is 55.5 Å². The maximum absolute atomic E-state index is 10.5. The molecule has 0 aliphatic heterocycles. The molecule has 0 unspecified atom stereocenters. The van der Waals surface area contributed by atoms with Crippen LogP contribution in [0.15, 0.2) is 54.6 Å². The van der Waals surface area contributed by atoms with Crippen LogP contribution in [0.2, 0.25) is 0 Å². The van der Waals surface area contributed by atoms with Gasteiger partial charge in [-0.2, -0.15) is 0 Å². The number of likely N-dealkylation sites (N-methyl/N-ethyl adjacent to an activating group) is 1. The molecule has 1 fully saturated rings. The summed E-state index contributed by atoms with van der Waals surface area (Å²) in [7, 11) is 2.12. The van der Waals surface area contributed by atoms with E-state index in [1.807, 2.05) is 48.5 Å². The summed E-state index contributed by atoms with van der Waals surface area (Å²) in [4.78, 5) is 2.30. The normalized spacial score (nSPS) is 15.8. The molecule has 0 bridgehead atoms. The van der Waals surface area contributed by atoms with Crippen molar-refractivity contribution in [2.75, 3.05) is 33.4 Å². The van der Waals surface area contributed by atoms with Crippen LogP contribution in [0.25, 0.3) is 0 Å². The summed E-state index contributed by atoms with van der Waals surface area (Å²) in [5.74, 6) is 1.71. The van der Waals surface area contributed by atoms with E-state index in [1.165, 1.54) is 32.1 Å². The topological polar surface area (TPSA) is 54.0 Å². The van der Waals surface area contributed by atoms with Crippen LogP contribution in [-0.2, 0) is 6.54 Å². The van der Waals surface area contributed by atoms with Gasteiger partial charge in [-0.1, -0.05) is 55.7 Å². The van der Waals surface area contributed by atoms with E-state index < -0.39 is 6.10 Å². The Balaban J connectivity index is 1.37. The third kappa shape index (κ3) is 7.63. The van der Waals surface area contributed by atoms with Gasteiger partial charge in [0.25, 0.3) is 0 Å². The molecule has 3 rings (SSSR count). The van der Waals surface area contributed by atoms with Gasteiger partial charge in [0.15, 0.2) is 0 Å². The Morgan fingerprint density at radius 2 is 1.73 bits per heavy atom. The predicted octanol–water partition coefficient (Wildman–Crippen LogP) is 3.86. The molecule has 2 aromatic carbocycles. The molecule has 1 aliphatic carbocycles. The lowest BCUT2D eigenvalue weighted by molar-refractivity contribution is 0.0558. The van der Waals surface area contributed by atoms with E-state index in [4.69, 9.17) is 9.47 Å². The number of aliphatic hydroxyl groups is 1. The highest BCUT2D eigenvalue weighted by molar-refractivity contribution is 5.33. The summed E-state index contributed by atoms with van der Waals surface area (Å²) in [5, 5.41) is 13.9. The molecule has 164 valence electrons. The second kappa shape index (κ2) is 12.6. The Labute approximate surface area is 181 Å². The molecule has 0 amide bonds. The van der Waals surface area contributed by atoms with E-state index >= 15 is 0 Å². The van der Waals surface area contributed by atoms with E-state index in [9.17, 15) is 5.11 Å². The Morgan fingerprint density at radius 1 is 1.00 bits per heavy atom. The molecule has 2 aromatic rings. The van der Waals surface area contributed by atoms with Crippen molar-refractivity contribution in [1.82, 2.24) is 10.2 Å². The van der Waals surface area contributed by atoms with Crippen LogP contribution in [0.5, 0.6) is 11.5 Å². The SMILES string of the molecule is CN(C[C@H](O)COc1ccccc1CNCCOc1ccccc1)C1CCCCC1. The monoisotopic (exact) mass is 412 g/mol. The molecule has 1 atom stereocenters. The summed E-state index contributed by atoms with van der Waals surface area (Å²) in [6.45, 7) is 3.02. The minimum Gasteiger partial charge on any atom is -0.492 e. The van der Waals surface area contributed by atoms with E-state index in [1.54, 1.807) is 0 Å². The quantitative estimate of drug-likeness (QED) is 0.519. The third-order valence-electron chi connectivity index (χ3n) is 5.71. The molecular formula is C25H36N2O3. The average Bonchev–Trinajstić information content (AvgIpc) is 2.79. The molecule has 0 aromatic heterocycles. The fourth-order valence-corrected chi connectivity index (χ4v) is 4.01. The number of hydrogen-bond acceptors (Lipinski definition) is 5. The van der Waals surface area contributed by atoms with Crippen LogP contribution in [0.1, 0.15) is 37.7 Å². The van der Waals surface area contributed by atoms with E-state index in [-0.39, 0.29) is 0 Å². The first-order valence-electron chi connectivity index (χ1n) is 11.2. The summed E-state index contributed by atoms with van der Waals surface area (Å²) in [6.07, 6.45) is 5.95. The summed E-state index contributed by atoms with van der Waals surface area (Å²) < 4.78 is 11.7. The van der Waals surface area contributed by atoms with Crippen molar-refractivity contribution in [1.29, 1.82) is 0 Å². The zero-order valence-corrected chi connectivity index (χ0v) is 18.1. The zero-order valence-electron chi connectivity index (χ0n) is 18.1. The van der Waals surface area contributed by atoms with E-state index in [2.05, 4.69) is 23.3 Å². The van der Waals surface area contributed by atoms with Crippen molar-refractivity contribution in [2.24, 2.45) is 0 Å². The molecule has 1 aliphatic rings. The molecule has 2 N–H and O–H groups in total. The molecule has 30 heavy (non-hydrogen) atoms. The van der Waals surface area contributed by atoms with Gasteiger partial charge in [-0.15, -0.1) is 0 Å². The lowest BCUT2D eigenvalue weighted by Gasteiger charge is -2.32. The first kappa shape index (κ1) is 22.6. The van der Waals surface area contributed by atoms with Gasteiger partial charge in [0.1, 0.15) is 30.8 Å². The number of aliphatic hydroxyl groups excluding tert-OH is 1. The Morgan fingerprint density at radius 3 is 2.53 bits per heavy atom. The number of hydrogen-bond donors (Lipinski definition) is 2. The first-order valence-corrected chi connectivity index (χ1v) is 11.2. The average molecular weight is 413 g/mol. The molecule has 0 saturated heterocycles. The van der Waals surface area contributed by atoms with Crippen molar-refractivity contribution < 1.29 is 14.6 Å². The third-order valence-corrected chi connectivity index (χ3v) is 5.71. The minimum atomic E-state index is -0.489. The van der Waals surface area contributed by atoms with Crippen LogP contribution >= 0.6 is 0 Å². The lowest BCUT2D eigenvalue weighted by Crippen LogP contribution is -2.40. The molecule has 0 radical (unpaired) electrons. The van der Waals surface area contributed by atoms with Crippen LogP contribution in [0.4, 0.5) is 0 Å². The summed E-state index contributed by atoms with van der Waals surface area (Å²) >= 11 is 0. The van der Waals surface area contributed by atoms with Gasteiger partial charge in [0.2, 0.25) is 0 Å². The maximum Gasteiger partial charge on any atom is 0.123 e. The smallest absolute Gasteiger partial charge is 0.123 e. The van der Waals surface area contributed by atoms with E-state index in [0.717, 1.165) is 23.6 Å². The van der Waals surface area contributed by atoms with Gasteiger partial charge >= 0.3 is 0 Å². The number of rotatable bonds is 12. The van der Waals surface area contributed by atoms with Crippen molar-refractivity contribution in [3.8, 4) is 11.5 Å². The second-order valence-electron chi connectivity index (χ2n) is 8.14. The molecule has 0 spiro atoms. The second-order valence-corrected chi connectivity index (χ2v) is 8.14. The highest BCUT2D eigenvalue weighted by Crippen LogP contribution is 2.22. The summed E-state index contributed by atoms with van der Waals surface area (Å²) in [5.41, 5.74) is 1.09. The Bertz CT molecular complexity index is 719. The molecule has 5 heteroatoms. The van der Waals surface area contributed by atoms with Gasteiger partial charge in [-0.3, -0.25) is 0 Å². The molecule has 1 saturated carbocycles. The number of nitrogens with zero attached hydrogens (tertiary/aromatic N) is 1. The van der Waals surface area contributed by atoms with Gasteiger partial charge in [-0.05, 0) is 38.1 Å². The predicted molar refractivity (Wildman–Crippen MR) is 121 cm³/mol. The Hall–Kier alpha value is -2.08. The molecular weight excluding hydrogens is 376 g/mol. The van der Waals surface area contributed by atoms with Crippen LogP contribution in [0.3, 0.4) is 0 Å². The van der Waals surface area contributed by atoms with Gasteiger partial charge in [0.05, 0.1) is 0 Å².